The first-order valence-electron chi connectivity index (χ1n) is 7.27. The first-order chi connectivity index (χ1) is 11.8. The Hall–Kier alpha value is -2.35. The molecule has 25 heavy (non-hydrogen) atoms. The molecule has 8 heteroatoms. The maximum absolute atomic E-state index is 12.8. The minimum absolute atomic E-state index is 0.432. The van der Waals surface area contributed by atoms with Crippen LogP contribution in [0, 0.1) is 0 Å². The summed E-state index contributed by atoms with van der Waals surface area (Å²) in [6.45, 7) is 0. The summed E-state index contributed by atoms with van der Waals surface area (Å²) >= 11 is 3.36. The van der Waals surface area contributed by atoms with Crippen LogP contribution in [0.3, 0.4) is 0 Å². The molecule has 0 aliphatic heterocycles. The second-order valence-electron chi connectivity index (χ2n) is 4.98. The first-order valence-corrected chi connectivity index (χ1v) is 8.06. The third-order valence-corrected chi connectivity index (χ3v) is 3.87. The standard InChI is InChI=1S/C17H16BrF3N4/c1-22-16(23-2)25-24-15(12-5-9-14(18)10-6-12)11-3-7-13(8-4-11)17(19,20)21/h3-10H,1-2H3,(H2,22,23,25)/b24-15-. The lowest BCUT2D eigenvalue weighted by molar-refractivity contribution is -0.137. The number of alkyl halides is 3. The molecule has 0 atom stereocenters. The van der Waals surface area contributed by atoms with Gasteiger partial charge in [0.05, 0.1) is 11.3 Å². The van der Waals surface area contributed by atoms with E-state index >= 15 is 0 Å². The lowest BCUT2D eigenvalue weighted by Crippen LogP contribution is -2.32. The second kappa shape index (κ2) is 8.15. The fraction of sp³-hybridized carbons (Fsp3) is 0.176. The fourth-order valence-corrected chi connectivity index (χ4v) is 2.31. The smallest absolute Gasteiger partial charge is 0.358 e. The van der Waals surface area contributed by atoms with Gasteiger partial charge in [0, 0.05) is 29.7 Å². The van der Waals surface area contributed by atoms with Crippen molar-refractivity contribution in [3.8, 4) is 0 Å². The van der Waals surface area contributed by atoms with Gasteiger partial charge < -0.3 is 5.32 Å². The van der Waals surface area contributed by atoms with Gasteiger partial charge in [-0.2, -0.15) is 18.3 Å². The van der Waals surface area contributed by atoms with Gasteiger partial charge in [0.15, 0.2) is 0 Å². The van der Waals surface area contributed by atoms with Crippen LogP contribution < -0.4 is 10.7 Å². The molecule has 0 saturated heterocycles. The zero-order valence-electron chi connectivity index (χ0n) is 13.5. The monoisotopic (exact) mass is 412 g/mol. The first kappa shape index (κ1) is 19.0. The van der Waals surface area contributed by atoms with Crippen LogP contribution >= 0.6 is 15.9 Å². The van der Waals surface area contributed by atoms with Crippen LogP contribution in [0.4, 0.5) is 13.2 Å². The fourth-order valence-electron chi connectivity index (χ4n) is 2.05. The van der Waals surface area contributed by atoms with Crippen LogP contribution in [0.15, 0.2) is 63.1 Å². The number of nitrogens with zero attached hydrogens (tertiary/aromatic N) is 2. The molecule has 0 amide bonds. The van der Waals surface area contributed by atoms with E-state index in [1.807, 2.05) is 24.3 Å². The summed E-state index contributed by atoms with van der Waals surface area (Å²) in [4.78, 5) is 3.96. The number of benzene rings is 2. The Labute approximate surface area is 152 Å². The van der Waals surface area contributed by atoms with Crippen molar-refractivity contribution in [2.24, 2.45) is 10.1 Å². The highest BCUT2D eigenvalue weighted by molar-refractivity contribution is 9.10. The van der Waals surface area contributed by atoms with Crippen LogP contribution in [0.25, 0.3) is 0 Å². The molecule has 0 heterocycles. The molecule has 0 fully saturated rings. The molecule has 0 unspecified atom stereocenters. The Kier molecular flexibility index (Phi) is 6.19. The number of guanidine groups is 1. The Balaban J connectivity index is 2.44. The zero-order valence-corrected chi connectivity index (χ0v) is 15.1. The molecule has 0 bridgehead atoms. The largest absolute Gasteiger partial charge is 0.416 e. The summed E-state index contributed by atoms with van der Waals surface area (Å²) in [7, 11) is 3.27. The van der Waals surface area contributed by atoms with Gasteiger partial charge in [0.25, 0.3) is 0 Å². The predicted molar refractivity (Wildman–Crippen MR) is 96.8 cm³/mol. The topological polar surface area (TPSA) is 48.8 Å². The minimum Gasteiger partial charge on any atom is -0.358 e. The van der Waals surface area contributed by atoms with E-state index in [-0.39, 0.29) is 0 Å². The SMILES string of the molecule is CN=C(NC)N/N=C(\c1ccc(Br)cc1)c1ccc(C(F)(F)F)cc1. The summed E-state index contributed by atoms with van der Waals surface area (Å²) in [6.07, 6.45) is -4.38. The van der Waals surface area contributed by atoms with Crippen LogP contribution in [-0.2, 0) is 6.18 Å². The van der Waals surface area contributed by atoms with E-state index in [2.05, 4.69) is 36.8 Å². The number of nitrogens with one attached hydrogen (secondary N) is 2. The molecule has 2 aromatic rings. The number of hydrazone groups is 1. The van der Waals surface area contributed by atoms with Crippen LogP contribution in [0.1, 0.15) is 16.7 Å². The van der Waals surface area contributed by atoms with E-state index in [0.717, 1.165) is 22.2 Å². The lowest BCUT2D eigenvalue weighted by atomic mass is 10.0. The van der Waals surface area contributed by atoms with E-state index in [0.29, 0.717) is 17.2 Å². The van der Waals surface area contributed by atoms with Gasteiger partial charge in [-0.1, -0.05) is 40.2 Å². The second-order valence-corrected chi connectivity index (χ2v) is 5.89. The van der Waals surface area contributed by atoms with Crippen molar-refractivity contribution in [3.63, 3.8) is 0 Å². The maximum atomic E-state index is 12.8. The number of aliphatic imine (C=N–C) groups is 1. The average molecular weight is 413 g/mol. The Morgan fingerprint density at radius 2 is 1.48 bits per heavy atom. The zero-order chi connectivity index (χ0) is 18.4. The van der Waals surface area contributed by atoms with E-state index in [1.54, 1.807) is 14.1 Å². The minimum atomic E-state index is -4.38. The maximum Gasteiger partial charge on any atom is 0.416 e. The highest BCUT2D eigenvalue weighted by atomic mass is 79.9. The van der Waals surface area contributed by atoms with Crippen molar-refractivity contribution in [1.29, 1.82) is 0 Å². The van der Waals surface area contributed by atoms with E-state index in [4.69, 9.17) is 0 Å². The van der Waals surface area contributed by atoms with Crippen LogP contribution in [0.5, 0.6) is 0 Å². The summed E-state index contributed by atoms with van der Waals surface area (Å²) in [5, 5.41) is 7.13. The Morgan fingerprint density at radius 1 is 0.960 bits per heavy atom. The Bertz CT molecular complexity index is 766. The highest BCUT2D eigenvalue weighted by Crippen LogP contribution is 2.29. The number of rotatable bonds is 3. The molecule has 0 aliphatic carbocycles. The van der Waals surface area contributed by atoms with Crippen LogP contribution in [0.2, 0.25) is 0 Å². The quantitative estimate of drug-likeness (QED) is 0.454. The molecular formula is C17H16BrF3N4. The average Bonchev–Trinajstić information content (AvgIpc) is 2.59. The van der Waals surface area contributed by atoms with E-state index < -0.39 is 11.7 Å². The summed E-state index contributed by atoms with van der Waals surface area (Å²) in [5.74, 6) is 0.432. The van der Waals surface area contributed by atoms with Gasteiger partial charge in [-0.25, -0.2) is 5.43 Å². The van der Waals surface area contributed by atoms with Crippen molar-refractivity contribution in [2.45, 2.75) is 6.18 Å². The number of hydrogen-bond acceptors (Lipinski definition) is 2. The molecule has 2 rings (SSSR count). The summed E-state index contributed by atoms with van der Waals surface area (Å²) in [6, 6.07) is 12.2. The van der Waals surface area contributed by atoms with Crippen molar-refractivity contribution in [3.05, 3.63) is 69.7 Å². The van der Waals surface area contributed by atoms with Crippen molar-refractivity contribution < 1.29 is 13.2 Å². The van der Waals surface area contributed by atoms with Gasteiger partial charge in [-0.15, -0.1) is 0 Å². The third kappa shape index (κ3) is 5.06. The van der Waals surface area contributed by atoms with Gasteiger partial charge in [-0.3, -0.25) is 4.99 Å². The number of halogens is 4. The molecule has 2 aromatic carbocycles. The molecule has 132 valence electrons. The normalized spacial score (nSPS) is 12.9. The lowest BCUT2D eigenvalue weighted by Gasteiger charge is -2.11. The van der Waals surface area contributed by atoms with Gasteiger partial charge in [0.1, 0.15) is 0 Å². The third-order valence-electron chi connectivity index (χ3n) is 3.34. The van der Waals surface area contributed by atoms with Gasteiger partial charge in [0.2, 0.25) is 5.96 Å². The van der Waals surface area contributed by atoms with Crippen molar-refractivity contribution >= 4 is 27.6 Å². The van der Waals surface area contributed by atoms with Crippen LogP contribution in [-0.4, -0.2) is 25.8 Å². The van der Waals surface area contributed by atoms with Crippen molar-refractivity contribution in [2.75, 3.05) is 14.1 Å². The molecule has 0 radical (unpaired) electrons. The summed E-state index contributed by atoms with van der Waals surface area (Å²) < 4.78 is 39.2. The number of hydrogen-bond donors (Lipinski definition) is 2. The van der Waals surface area contributed by atoms with E-state index in [9.17, 15) is 13.2 Å². The Morgan fingerprint density at radius 3 is 1.92 bits per heavy atom. The molecule has 4 nitrogen and oxygen atoms in total. The van der Waals surface area contributed by atoms with E-state index in [1.165, 1.54) is 12.1 Å². The summed E-state index contributed by atoms with van der Waals surface area (Å²) in [5.41, 5.74) is 3.87. The molecule has 2 N–H and O–H groups in total. The molecule has 0 aliphatic rings. The van der Waals surface area contributed by atoms with Gasteiger partial charge in [-0.05, 0) is 24.3 Å². The highest BCUT2D eigenvalue weighted by Gasteiger charge is 2.30. The predicted octanol–water partition coefficient (Wildman–Crippen LogP) is 4.02. The molecule has 0 saturated carbocycles. The molecule has 0 aromatic heterocycles. The molecule has 0 spiro atoms. The molecular weight excluding hydrogens is 397 g/mol. The van der Waals surface area contributed by atoms with Crippen molar-refractivity contribution in [1.82, 2.24) is 10.7 Å². The van der Waals surface area contributed by atoms with Gasteiger partial charge >= 0.3 is 6.18 Å².